The number of hydrogen-bond acceptors (Lipinski definition) is 1. The maximum Gasteiger partial charge on any atom is 0.0431 e. The molecule has 2 rings (SSSR count). The number of hydrogen-bond donors (Lipinski definition) is 0. The Hall–Kier alpha value is -1.41. The zero-order valence-corrected chi connectivity index (χ0v) is 10.6. The molecular weight excluding hydrogens is 262 g/mol. The Labute approximate surface area is 104 Å². The summed E-state index contributed by atoms with van der Waals surface area (Å²) in [6, 6.07) is 10.4. The largest absolute Gasteiger partial charge is 0.264 e. The van der Waals surface area contributed by atoms with Gasteiger partial charge in [-0.3, -0.25) is 4.98 Å². The number of nitrogens with zero attached hydrogens (tertiary/aromatic N) is 1. The summed E-state index contributed by atoms with van der Waals surface area (Å²) in [4.78, 5) is 4.03. The third-order valence-electron chi connectivity index (χ3n) is 2.34. The molecule has 1 aromatic heterocycles. The van der Waals surface area contributed by atoms with E-state index >= 15 is 0 Å². The van der Waals surface area contributed by atoms with Crippen LogP contribution in [0, 0.1) is 6.92 Å². The molecule has 0 saturated heterocycles. The second kappa shape index (κ2) is 5.08. The highest BCUT2D eigenvalue weighted by Crippen LogP contribution is 2.17. The average Bonchev–Trinajstić information content (AvgIpc) is 2.30. The van der Waals surface area contributed by atoms with Crippen LogP contribution in [0.3, 0.4) is 0 Å². The molecule has 1 aromatic carbocycles. The summed E-state index contributed by atoms with van der Waals surface area (Å²) in [5, 5.41) is 0. The highest BCUT2D eigenvalue weighted by atomic mass is 79.9. The van der Waals surface area contributed by atoms with Crippen LogP contribution in [0.5, 0.6) is 0 Å². The molecule has 0 aliphatic rings. The summed E-state index contributed by atoms with van der Waals surface area (Å²) in [6.07, 6.45) is 7.77. The monoisotopic (exact) mass is 273 g/mol. The molecule has 0 aliphatic carbocycles. The van der Waals surface area contributed by atoms with Gasteiger partial charge in [-0.2, -0.15) is 0 Å². The van der Waals surface area contributed by atoms with Crippen LogP contribution in [-0.2, 0) is 0 Å². The van der Waals surface area contributed by atoms with Crippen molar-refractivity contribution < 1.29 is 0 Å². The fourth-order valence-corrected chi connectivity index (χ4v) is 1.77. The summed E-state index contributed by atoms with van der Waals surface area (Å²) < 4.78 is 1.01. The van der Waals surface area contributed by atoms with Gasteiger partial charge < -0.3 is 0 Å². The molecule has 0 aliphatic heterocycles. The predicted molar refractivity (Wildman–Crippen MR) is 72.0 cm³/mol. The molecule has 0 fully saturated rings. The van der Waals surface area contributed by atoms with Crippen molar-refractivity contribution in [3.05, 3.63) is 63.9 Å². The molecule has 0 unspecified atom stereocenters. The van der Waals surface area contributed by atoms with Gasteiger partial charge in [-0.05, 0) is 40.0 Å². The lowest BCUT2D eigenvalue weighted by Crippen LogP contribution is -1.78. The van der Waals surface area contributed by atoms with E-state index < -0.39 is 0 Å². The van der Waals surface area contributed by atoms with Gasteiger partial charge in [-0.1, -0.05) is 42.0 Å². The summed E-state index contributed by atoms with van der Waals surface area (Å²) in [5.41, 5.74) is 3.62. The third-order valence-corrected chi connectivity index (χ3v) is 3.00. The highest BCUT2D eigenvalue weighted by molar-refractivity contribution is 9.10. The van der Waals surface area contributed by atoms with E-state index in [0.717, 1.165) is 10.0 Å². The Morgan fingerprint density at radius 3 is 2.50 bits per heavy atom. The lowest BCUT2D eigenvalue weighted by atomic mass is 10.1. The Kier molecular flexibility index (Phi) is 3.52. The van der Waals surface area contributed by atoms with Crippen molar-refractivity contribution in [1.29, 1.82) is 0 Å². The number of pyridine rings is 1. The minimum absolute atomic E-state index is 1.01. The normalized spacial score (nSPS) is 10.9. The Bertz CT molecular complexity index is 500. The van der Waals surface area contributed by atoms with E-state index in [4.69, 9.17) is 0 Å². The average molecular weight is 274 g/mol. The first kappa shape index (κ1) is 11.1. The van der Waals surface area contributed by atoms with Crippen LogP contribution < -0.4 is 0 Å². The van der Waals surface area contributed by atoms with Crippen LogP contribution in [0.4, 0.5) is 0 Å². The minimum Gasteiger partial charge on any atom is -0.264 e. The maximum absolute atomic E-state index is 4.03. The molecule has 0 amide bonds. The van der Waals surface area contributed by atoms with Crippen LogP contribution in [0.15, 0.2) is 47.2 Å². The van der Waals surface area contributed by atoms with Crippen LogP contribution in [0.2, 0.25) is 0 Å². The van der Waals surface area contributed by atoms with Crippen LogP contribution in [0.1, 0.15) is 16.7 Å². The van der Waals surface area contributed by atoms with Crippen LogP contribution in [0.25, 0.3) is 12.2 Å². The van der Waals surface area contributed by atoms with E-state index in [-0.39, 0.29) is 0 Å². The number of rotatable bonds is 2. The first-order chi connectivity index (χ1) is 7.75. The Morgan fingerprint density at radius 2 is 1.81 bits per heavy atom. The number of aromatic nitrogens is 1. The number of benzene rings is 1. The van der Waals surface area contributed by atoms with Gasteiger partial charge in [0, 0.05) is 16.9 Å². The standard InChI is InChI=1S/C14H12BrN/c1-11-2-4-12(5-3-11)6-7-13-8-9-16-10-14(13)15/h2-10H,1H3/b7-6+. The molecule has 0 bridgehead atoms. The van der Waals surface area contributed by atoms with E-state index in [9.17, 15) is 0 Å². The fraction of sp³-hybridized carbons (Fsp3) is 0.0714. The van der Waals surface area contributed by atoms with Gasteiger partial charge in [0.15, 0.2) is 0 Å². The Balaban J connectivity index is 2.21. The predicted octanol–water partition coefficient (Wildman–Crippen LogP) is 4.32. The molecule has 2 heteroatoms. The maximum atomic E-state index is 4.03. The van der Waals surface area contributed by atoms with E-state index in [1.165, 1.54) is 11.1 Å². The topological polar surface area (TPSA) is 12.9 Å². The van der Waals surface area contributed by atoms with Gasteiger partial charge >= 0.3 is 0 Å². The lowest BCUT2D eigenvalue weighted by molar-refractivity contribution is 1.30. The number of aryl methyl sites for hydroxylation is 1. The smallest absolute Gasteiger partial charge is 0.0431 e. The van der Waals surface area contributed by atoms with Crippen molar-refractivity contribution in [2.24, 2.45) is 0 Å². The van der Waals surface area contributed by atoms with Crippen molar-refractivity contribution in [1.82, 2.24) is 4.98 Å². The summed E-state index contributed by atoms with van der Waals surface area (Å²) in [7, 11) is 0. The van der Waals surface area contributed by atoms with Crippen molar-refractivity contribution in [2.45, 2.75) is 6.92 Å². The van der Waals surface area contributed by atoms with Gasteiger partial charge in [0.1, 0.15) is 0 Å². The van der Waals surface area contributed by atoms with Gasteiger partial charge in [0.05, 0.1) is 0 Å². The lowest BCUT2D eigenvalue weighted by Gasteiger charge is -1.97. The first-order valence-corrected chi connectivity index (χ1v) is 5.89. The molecule has 0 saturated carbocycles. The fourth-order valence-electron chi connectivity index (χ4n) is 1.38. The second-order valence-electron chi connectivity index (χ2n) is 3.64. The summed E-state index contributed by atoms with van der Waals surface area (Å²) in [6.45, 7) is 2.09. The molecule has 0 atom stereocenters. The van der Waals surface area contributed by atoms with Crippen molar-refractivity contribution in [2.75, 3.05) is 0 Å². The SMILES string of the molecule is Cc1ccc(/C=C/c2ccncc2Br)cc1. The first-order valence-electron chi connectivity index (χ1n) is 5.10. The minimum atomic E-state index is 1.01. The third kappa shape index (κ3) is 2.80. The van der Waals surface area contributed by atoms with E-state index in [1.807, 2.05) is 6.07 Å². The molecule has 0 radical (unpaired) electrons. The van der Waals surface area contributed by atoms with Gasteiger partial charge in [-0.15, -0.1) is 0 Å². The quantitative estimate of drug-likeness (QED) is 0.794. The molecule has 1 heterocycles. The highest BCUT2D eigenvalue weighted by Gasteiger charge is 1.93. The molecular formula is C14H12BrN. The Morgan fingerprint density at radius 1 is 1.06 bits per heavy atom. The molecule has 80 valence electrons. The molecule has 2 aromatic rings. The molecule has 0 spiro atoms. The van der Waals surface area contributed by atoms with Crippen molar-refractivity contribution in [3.63, 3.8) is 0 Å². The summed E-state index contributed by atoms with van der Waals surface area (Å²) >= 11 is 3.47. The molecule has 0 N–H and O–H groups in total. The van der Waals surface area contributed by atoms with E-state index in [1.54, 1.807) is 12.4 Å². The zero-order valence-electron chi connectivity index (χ0n) is 9.02. The number of halogens is 1. The van der Waals surface area contributed by atoms with E-state index in [2.05, 4.69) is 64.3 Å². The molecule has 1 nitrogen and oxygen atoms in total. The van der Waals surface area contributed by atoms with E-state index in [0.29, 0.717) is 0 Å². The van der Waals surface area contributed by atoms with Crippen LogP contribution >= 0.6 is 15.9 Å². The molecule has 16 heavy (non-hydrogen) atoms. The summed E-state index contributed by atoms with van der Waals surface area (Å²) in [5.74, 6) is 0. The second-order valence-corrected chi connectivity index (χ2v) is 4.50. The van der Waals surface area contributed by atoms with Gasteiger partial charge in [0.25, 0.3) is 0 Å². The van der Waals surface area contributed by atoms with Crippen molar-refractivity contribution in [3.8, 4) is 0 Å². The van der Waals surface area contributed by atoms with Crippen molar-refractivity contribution >= 4 is 28.1 Å². The van der Waals surface area contributed by atoms with Crippen LogP contribution in [-0.4, -0.2) is 4.98 Å². The van der Waals surface area contributed by atoms with Gasteiger partial charge in [-0.25, -0.2) is 0 Å². The van der Waals surface area contributed by atoms with Gasteiger partial charge in [0.2, 0.25) is 0 Å². The zero-order chi connectivity index (χ0) is 11.4.